The van der Waals surface area contributed by atoms with Gasteiger partial charge in [0.2, 0.25) is 5.91 Å². The Balaban J connectivity index is 1.44. The molecule has 0 fully saturated rings. The van der Waals surface area contributed by atoms with Crippen LogP contribution in [0.25, 0.3) is 5.69 Å². The first-order chi connectivity index (χ1) is 15.1. The van der Waals surface area contributed by atoms with Gasteiger partial charge in [-0.15, -0.1) is 10.2 Å². The van der Waals surface area contributed by atoms with Crippen LogP contribution in [0.1, 0.15) is 23.6 Å². The van der Waals surface area contributed by atoms with Crippen LogP contribution in [-0.4, -0.2) is 51.1 Å². The number of hydrogen-bond acceptors (Lipinski definition) is 6. The second-order valence-electron chi connectivity index (χ2n) is 7.39. The summed E-state index contributed by atoms with van der Waals surface area (Å²) in [4.78, 5) is 14.8. The van der Waals surface area contributed by atoms with Gasteiger partial charge in [-0.05, 0) is 50.1 Å². The highest BCUT2D eigenvalue weighted by Gasteiger charge is 2.20. The van der Waals surface area contributed by atoms with E-state index in [4.69, 9.17) is 9.47 Å². The topological polar surface area (TPSA) is 69.5 Å². The summed E-state index contributed by atoms with van der Waals surface area (Å²) in [7, 11) is 0. The Morgan fingerprint density at radius 1 is 1.16 bits per heavy atom. The van der Waals surface area contributed by atoms with Gasteiger partial charge in [0.15, 0.2) is 16.7 Å². The van der Waals surface area contributed by atoms with Crippen LogP contribution in [0.5, 0.6) is 11.5 Å². The molecule has 2 aromatic carbocycles. The van der Waals surface area contributed by atoms with E-state index in [1.807, 2.05) is 40.7 Å². The molecule has 1 aliphatic rings. The first-order valence-electron chi connectivity index (χ1n) is 10.3. The third-order valence-corrected chi connectivity index (χ3v) is 6.28. The van der Waals surface area contributed by atoms with Gasteiger partial charge in [0.25, 0.3) is 0 Å². The number of benzene rings is 2. The van der Waals surface area contributed by atoms with Crippen molar-refractivity contribution in [3.63, 3.8) is 0 Å². The molecule has 1 amide bonds. The number of nitrogens with zero attached hydrogens (tertiary/aromatic N) is 4. The van der Waals surface area contributed by atoms with Gasteiger partial charge in [-0.3, -0.25) is 9.36 Å². The van der Waals surface area contributed by atoms with Gasteiger partial charge in [-0.2, -0.15) is 0 Å². The van der Waals surface area contributed by atoms with Gasteiger partial charge < -0.3 is 14.4 Å². The summed E-state index contributed by atoms with van der Waals surface area (Å²) in [6.45, 7) is 8.29. The lowest BCUT2D eigenvalue weighted by atomic mass is 10.1. The number of rotatable bonds is 7. The molecule has 0 radical (unpaired) electrons. The van der Waals surface area contributed by atoms with Gasteiger partial charge in [-0.1, -0.05) is 30.0 Å². The van der Waals surface area contributed by atoms with Gasteiger partial charge in [-0.25, -0.2) is 0 Å². The number of para-hydroxylation sites is 1. The molecule has 1 aliphatic heterocycles. The first-order valence-corrected chi connectivity index (χ1v) is 11.3. The van der Waals surface area contributed by atoms with E-state index in [1.165, 1.54) is 22.9 Å². The third kappa shape index (κ3) is 4.69. The van der Waals surface area contributed by atoms with Crippen LogP contribution in [0, 0.1) is 13.8 Å². The average molecular weight is 439 g/mol. The number of carbonyl (C=O) groups is 1. The maximum absolute atomic E-state index is 13.0. The van der Waals surface area contributed by atoms with Gasteiger partial charge in [0.05, 0.1) is 5.75 Å². The molecule has 0 spiro atoms. The number of thioether (sulfide) groups is 1. The van der Waals surface area contributed by atoms with Crippen molar-refractivity contribution in [1.82, 2.24) is 19.7 Å². The first kappa shape index (κ1) is 21.2. The van der Waals surface area contributed by atoms with Crippen molar-refractivity contribution in [2.75, 3.05) is 25.5 Å². The summed E-state index contributed by atoms with van der Waals surface area (Å²) >= 11 is 1.39. The highest BCUT2D eigenvalue weighted by molar-refractivity contribution is 7.99. The predicted molar refractivity (Wildman–Crippen MR) is 120 cm³/mol. The Bertz CT molecular complexity index is 1080. The molecule has 3 aromatic rings. The number of amides is 1. The van der Waals surface area contributed by atoms with E-state index in [1.54, 1.807) is 6.33 Å². The van der Waals surface area contributed by atoms with Crippen LogP contribution in [-0.2, 0) is 11.3 Å². The quantitative estimate of drug-likeness (QED) is 0.523. The summed E-state index contributed by atoms with van der Waals surface area (Å²) in [5.41, 5.74) is 4.38. The zero-order valence-corrected chi connectivity index (χ0v) is 18.8. The molecule has 4 rings (SSSR count). The summed E-state index contributed by atoms with van der Waals surface area (Å²) in [6.07, 6.45) is 1.68. The number of aromatic nitrogens is 3. The Labute approximate surface area is 186 Å². The fraction of sp³-hybridized carbons (Fsp3) is 0.348. The Morgan fingerprint density at radius 2 is 2.00 bits per heavy atom. The Morgan fingerprint density at radius 3 is 2.81 bits per heavy atom. The largest absolute Gasteiger partial charge is 0.486 e. The van der Waals surface area contributed by atoms with Crippen LogP contribution < -0.4 is 9.47 Å². The minimum absolute atomic E-state index is 0.0384. The molecule has 0 N–H and O–H groups in total. The van der Waals surface area contributed by atoms with Gasteiger partial charge in [0.1, 0.15) is 19.5 Å². The lowest BCUT2D eigenvalue weighted by molar-refractivity contribution is -0.128. The molecule has 0 saturated heterocycles. The highest BCUT2D eigenvalue weighted by Crippen LogP contribution is 2.34. The summed E-state index contributed by atoms with van der Waals surface area (Å²) in [5.74, 6) is 1.80. The fourth-order valence-corrected chi connectivity index (χ4v) is 4.27. The molecule has 2 heterocycles. The van der Waals surface area contributed by atoms with Crippen molar-refractivity contribution in [2.24, 2.45) is 0 Å². The van der Waals surface area contributed by atoms with E-state index in [0.29, 0.717) is 31.5 Å². The normalized spacial score (nSPS) is 12.6. The number of carbonyl (C=O) groups excluding carboxylic acids is 1. The van der Waals surface area contributed by atoms with Crippen molar-refractivity contribution in [3.05, 3.63) is 59.4 Å². The van der Waals surface area contributed by atoms with Gasteiger partial charge in [0, 0.05) is 24.3 Å². The van der Waals surface area contributed by atoms with Crippen LogP contribution in [0.4, 0.5) is 0 Å². The molecule has 8 heteroatoms. The zero-order valence-electron chi connectivity index (χ0n) is 18.0. The van der Waals surface area contributed by atoms with E-state index < -0.39 is 0 Å². The molecule has 0 unspecified atom stereocenters. The molecule has 0 saturated carbocycles. The van der Waals surface area contributed by atoms with Crippen LogP contribution in [0.3, 0.4) is 0 Å². The van der Waals surface area contributed by atoms with Crippen LogP contribution in [0.2, 0.25) is 0 Å². The van der Waals surface area contributed by atoms with Crippen molar-refractivity contribution in [1.29, 1.82) is 0 Å². The van der Waals surface area contributed by atoms with Crippen molar-refractivity contribution < 1.29 is 14.3 Å². The van der Waals surface area contributed by atoms with Crippen molar-refractivity contribution in [3.8, 4) is 17.2 Å². The SMILES string of the molecule is CCN(Cc1cccc2c1OCCO2)C(=O)CSc1nncn1-c1ccc(C)c(C)c1. The zero-order chi connectivity index (χ0) is 21.8. The van der Waals surface area contributed by atoms with Crippen molar-refractivity contribution >= 4 is 17.7 Å². The monoisotopic (exact) mass is 438 g/mol. The third-order valence-electron chi connectivity index (χ3n) is 5.35. The van der Waals surface area contributed by atoms with E-state index in [-0.39, 0.29) is 11.7 Å². The lowest BCUT2D eigenvalue weighted by Crippen LogP contribution is -2.32. The number of aryl methyl sites for hydroxylation is 2. The van der Waals surface area contributed by atoms with E-state index >= 15 is 0 Å². The maximum Gasteiger partial charge on any atom is 0.233 e. The molecule has 31 heavy (non-hydrogen) atoms. The maximum atomic E-state index is 13.0. The van der Waals surface area contributed by atoms with Crippen molar-refractivity contribution in [2.45, 2.75) is 32.5 Å². The molecule has 162 valence electrons. The second-order valence-corrected chi connectivity index (χ2v) is 8.33. The molecule has 0 aliphatic carbocycles. The predicted octanol–water partition coefficient (Wildman–Crippen LogP) is 3.80. The second kappa shape index (κ2) is 9.43. The minimum Gasteiger partial charge on any atom is -0.486 e. The van der Waals surface area contributed by atoms with Gasteiger partial charge >= 0.3 is 0 Å². The number of fused-ring (bicyclic) bond motifs is 1. The minimum atomic E-state index is 0.0384. The standard InChI is InChI=1S/C23H26N4O3S/c1-4-26(13-18-6-5-7-20-22(18)30-11-10-29-20)21(28)14-31-23-25-24-15-27(23)19-9-8-16(2)17(3)12-19/h5-9,12,15H,4,10-11,13-14H2,1-3H3. The molecule has 0 bridgehead atoms. The van der Waals surface area contributed by atoms with Crippen LogP contribution in [0.15, 0.2) is 47.9 Å². The fourth-order valence-electron chi connectivity index (χ4n) is 3.43. The lowest BCUT2D eigenvalue weighted by Gasteiger charge is -2.25. The number of hydrogen-bond donors (Lipinski definition) is 0. The van der Waals surface area contributed by atoms with E-state index in [0.717, 1.165) is 22.7 Å². The summed E-state index contributed by atoms with van der Waals surface area (Å²) in [6, 6.07) is 12.0. The Kier molecular flexibility index (Phi) is 6.46. The molecule has 7 nitrogen and oxygen atoms in total. The Hall–Kier alpha value is -3.00. The summed E-state index contributed by atoms with van der Waals surface area (Å²) < 4.78 is 13.4. The average Bonchev–Trinajstić information content (AvgIpc) is 3.26. The summed E-state index contributed by atoms with van der Waals surface area (Å²) in [5, 5.41) is 8.95. The molecular formula is C23H26N4O3S. The van der Waals surface area contributed by atoms with Crippen LogP contribution >= 0.6 is 11.8 Å². The number of ether oxygens (including phenoxy) is 2. The smallest absolute Gasteiger partial charge is 0.233 e. The van der Waals surface area contributed by atoms with E-state index in [2.05, 4.69) is 36.2 Å². The van der Waals surface area contributed by atoms with E-state index in [9.17, 15) is 4.79 Å². The molecule has 1 aromatic heterocycles. The molecular weight excluding hydrogens is 412 g/mol. The molecule has 0 atom stereocenters. The highest BCUT2D eigenvalue weighted by atomic mass is 32.2.